The summed E-state index contributed by atoms with van der Waals surface area (Å²) in [5.74, 6) is 1.51. The van der Waals surface area contributed by atoms with Crippen molar-refractivity contribution >= 4 is 5.84 Å². The Morgan fingerprint density at radius 3 is 1.74 bits per heavy atom. The maximum Gasteiger partial charge on any atom is 0.0916 e. The van der Waals surface area contributed by atoms with Crippen LogP contribution >= 0.6 is 0 Å². The summed E-state index contributed by atoms with van der Waals surface area (Å²) >= 11 is 0. The molecule has 1 atom stereocenters. The van der Waals surface area contributed by atoms with E-state index < -0.39 is 0 Å². The van der Waals surface area contributed by atoms with Crippen LogP contribution in [0.15, 0.2) is 53.7 Å². The van der Waals surface area contributed by atoms with Crippen molar-refractivity contribution in [3.05, 3.63) is 59.8 Å². The topological polar surface area (TPSA) is 50.4 Å². The molecule has 38 heavy (non-hydrogen) atoms. The summed E-state index contributed by atoms with van der Waals surface area (Å²) in [5.41, 5.74) is 10.9. The van der Waals surface area contributed by atoms with Crippen molar-refractivity contribution in [3.8, 4) is 0 Å². The van der Waals surface area contributed by atoms with Crippen molar-refractivity contribution in [2.45, 2.75) is 150 Å². The third kappa shape index (κ3) is 15.4. The van der Waals surface area contributed by atoms with Gasteiger partial charge in [-0.15, -0.1) is 0 Å². The summed E-state index contributed by atoms with van der Waals surface area (Å²) in [7, 11) is 0. The number of unbranched alkanes of at least 4 members (excludes halogenated alkanes) is 1. The molecule has 0 bridgehead atoms. The molecule has 3 heteroatoms. The third-order valence-electron chi connectivity index (χ3n) is 7.76. The zero-order chi connectivity index (χ0) is 29.0. The van der Waals surface area contributed by atoms with Crippen LogP contribution in [0.2, 0.25) is 0 Å². The lowest BCUT2D eigenvalue weighted by molar-refractivity contribution is 0.269. The molecule has 0 heterocycles. The Kier molecular flexibility index (Phi) is 19.8. The first-order chi connectivity index (χ1) is 18.1. The van der Waals surface area contributed by atoms with E-state index in [1.807, 2.05) is 13.8 Å². The molecule has 1 aromatic carbocycles. The number of hydrogen-bond donors (Lipinski definition) is 2. The summed E-state index contributed by atoms with van der Waals surface area (Å²) in [6, 6.07) is 9.46. The third-order valence-corrected chi connectivity index (χ3v) is 7.76. The van der Waals surface area contributed by atoms with E-state index in [-0.39, 0.29) is 5.54 Å². The lowest BCUT2D eigenvalue weighted by atomic mass is 9.74. The van der Waals surface area contributed by atoms with Gasteiger partial charge in [-0.1, -0.05) is 123 Å². The van der Waals surface area contributed by atoms with Crippen molar-refractivity contribution in [1.82, 2.24) is 5.32 Å². The van der Waals surface area contributed by atoms with Gasteiger partial charge in [-0.25, -0.2) is 0 Å². The highest BCUT2D eigenvalue weighted by molar-refractivity contribution is 5.78. The lowest BCUT2D eigenvalue weighted by Crippen LogP contribution is -2.34. The second-order valence-corrected chi connectivity index (χ2v) is 11.3. The molecule has 3 nitrogen and oxygen atoms in total. The molecular formula is C35H63N3. The van der Waals surface area contributed by atoms with Gasteiger partial charge in [-0.05, 0) is 76.3 Å². The Morgan fingerprint density at radius 2 is 1.42 bits per heavy atom. The van der Waals surface area contributed by atoms with E-state index in [4.69, 9.17) is 10.7 Å². The zero-order valence-corrected chi connectivity index (χ0v) is 26.6. The van der Waals surface area contributed by atoms with Crippen LogP contribution in [0.4, 0.5) is 0 Å². The quantitative estimate of drug-likeness (QED) is 0.153. The van der Waals surface area contributed by atoms with Gasteiger partial charge in [0.2, 0.25) is 0 Å². The maximum absolute atomic E-state index is 5.90. The first kappa shape index (κ1) is 36.0. The van der Waals surface area contributed by atoms with Crippen LogP contribution in [0.1, 0.15) is 137 Å². The van der Waals surface area contributed by atoms with Crippen LogP contribution in [0.5, 0.6) is 0 Å². The van der Waals surface area contributed by atoms with Crippen LogP contribution < -0.4 is 11.1 Å². The number of rotatable bonds is 13. The van der Waals surface area contributed by atoms with Gasteiger partial charge < -0.3 is 11.1 Å². The largest absolute Gasteiger partial charge is 0.388 e. The van der Waals surface area contributed by atoms with Crippen LogP contribution in [0, 0.1) is 5.92 Å². The lowest BCUT2D eigenvalue weighted by Gasteiger charge is -2.36. The van der Waals surface area contributed by atoms with Crippen molar-refractivity contribution in [3.63, 3.8) is 0 Å². The van der Waals surface area contributed by atoms with Gasteiger partial charge in [0, 0.05) is 11.7 Å². The van der Waals surface area contributed by atoms with Crippen LogP contribution in [0.3, 0.4) is 0 Å². The van der Waals surface area contributed by atoms with Gasteiger partial charge in [-0.2, -0.15) is 0 Å². The van der Waals surface area contributed by atoms with Gasteiger partial charge in [0.15, 0.2) is 0 Å². The van der Waals surface area contributed by atoms with Gasteiger partial charge in [0.05, 0.1) is 11.4 Å². The number of hydrogen-bond acceptors (Lipinski definition) is 2. The van der Waals surface area contributed by atoms with Crippen molar-refractivity contribution in [2.75, 3.05) is 0 Å². The number of nitrogens with two attached hydrogens (primary N) is 1. The predicted molar refractivity (Wildman–Crippen MR) is 173 cm³/mol. The molecule has 1 aliphatic carbocycles. The number of aryl methyl sites for hydroxylation is 2. The Bertz CT molecular complexity index is 755. The SMILES string of the molecule is C=C(C)C(CCCC)(CC1CCCCC1)N=C(C)N.C=C(C)NC(CC)CC.CCc1ccc(CC)cc1. The molecule has 1 aliphatic rings. The molecule has 1 fully saturated rings. The van der Waals surface area contributed by atoms with Crippen LogP contribution in [-0.4, -0.2) is 17.4 Å². The van der Waals surface area contributed by atoms with E-state index >= 15 is 0 Å². The minimum absolute atomic E-state index is 0.100. The minimum atomic E-state index is -0.100. The molecule has 1 saturated carbocycles. The Morgan fingerprint density at radius 1 is 0.921 bits per heavy atom. The average molecular weight is 526 g/mol. The highest BCUT2D eigenvalue weighted by Gasteiger charge is 2.33. The summed E-state index contributed by atoms with van der Waals surface area (Å²) in [6.45, 7) is 25.0. The van der Waals surface area contributed by atoms with Gasteiger partial charge in [0.25, 0.3) is 0 Å². The fourth-order valence-electron chi connectivity index (χ4n) is 5.21. The van der Waals surface area contributed by atoms with Gasteiger partial charge >= 0.3 is 0 Å². The maximum atomic E-state index is 5.90. The first-order valence-corrected chi connectivity index (χ1v) is 15.5. The van der Waals surface area contributed by atoms with Gasteiger partial charge in [-0.3, -0.25) is 4.99 Å². The minimum Gasteiger partial charge on any atom is -0.388 e. The smallest absolute Gasteiger partial charge is 0.0916 e. The molecule has 2 rings (SSSR count). The Balaban J connectivity index is 0.000000604. The number of allylic oxidation sites excluding steroid dienone is 1. The molecule has 1 aromatic rings. The molecule has 1 unspecified atom stereocenters. The van der Waals surface area contributed by atoms with E-state index in [2.05, 4.69) is 84.3 Å². The number of benzene rings is 1. The summed E-state index contributed by atoms with van der Waals surface area (Å²) in [6.07, 6.45) is 16.2. The molecular weight excluding hydrogens is 462 g/mol. The highest BCUT2D eigenvalue weighted by Crippen LogP contribution is 2.39. The molecule has 0 saturated heterocycles. The first-order valence-electron chi connectivity index (χ1n) is 15.5. The summed E-state index contributed by atoms with van der Waals surface area (Å²) < 4.78 is 0. The van der Waals surface area contributed by atoms with E-state index in [0.29, 0.717) is 11.9 Å². The molecule has 0 aromatic heterocycles. The second-order valence-electron chi connectivity index (χ2n) is 11.3. The molecule has 0 amide bonds. The van der Waals surface area contributed by atoms with Crippen molar-refractivity contribution in [2.24, 2.45) is 16.6 Å². The number of nitrogens with zero attached hydrogens (tertiary/aromatic N) is 1. The van der Waals surface area contributed by atoms with Crippen LogP contribution in [-0.2, 0) is 12.8 Å². The highest BCUT2D eigenvalue weighted by atomic mass is 14.9. The number of nitrogens with one attached hydrogen (secondary N) is 1. The molecule has 0 spiro atoms. The molecule has 3 N–H and O–H groups in total. The van der Waals surface area contributed by atoms with E-state index in [9.17, 15) is 0 Å². The molecule has 218 valence electrons. The van der Waals surface area contributed by atoms with Gasteiger partial charge in [0.1, 0.15) is 0 Å². The van der Waals surface area contributed by atoms with Crippen LogP contribution in [0.25, 0.3) is 0 Å². The summed E-state index contributed by atoms with van der Waals surface area (Å²) in [5, 5.41) is 3.28. The molecule has 0 aliphatic heterocycles. The monoisotopic (exact) mass is 526 g/mol. The average Bonchev–Trinajstić information content (AvgIpc) is 2.91. The predicted octanol–water partition coefficient (Wildman–Crippen LogP) is 9.95. The van der Waals surface area contributed by atoms with Crippen molar-refractivity contribution in [1.29, 1.82) is 0 Å². The molecule has 0 radical (unpaired) electrons. The Hall–Kier alpha value is -2.03. The zero-order valence-electron chi connectivity index (χ0n) is 26.6. The van der Waals surface area contributed by atoms with Crippen molar-refractivity contribution < 1.29 is 0 Å². The fourth-order valence-corrected chi connectivity index (χ4v) is 5.21. The van der Waals surface area contributed by atoms with E-state index in [1.54, 1.807) is 0 Å². The fraction of sp³-hybridized carbons (Fsp3) is 0.686. The van der Waals surface area contributed by atoms with E-state index in [1.165, 1.54) is 74.5 Å². The normalized spacial score (nSPS) is 15.4. The Labute approximate surface area is 237 Å². The number of aliphatic imine (C=N–C) groups is 1. The second kappa shape index (κ2) is 20.9. The number of amidine groups is 1. The van der Waals surface area contributed by atoms with E-state index in [0.717, 1.165) is 37.3 Å². The standard InChI is InChI=1S/C17H32N2.C10H14.C8H17N/c1-5-6-12-17(14(2)3,19-15(4)18)13-16-10-8-7-9-11-16;1-3-9-5-7-10(4-2)8-6-9;1-5-8(6-2)9-7(3)4/h16H,2,5-13H2,1,3-4H3,(H2,18,19);5-8H,3-4H2,1-2H3;8-9H,3,5-6H2,1-2,4H3. The summed E-state index contributed by atoms with van der Waals surface area (Å²) in [4.78, 5) is 4.83.